The van der Waals surface area contributed by atoms with Gasteiger partial charge < -0.3 is 14.4 Å². The van der Waals surface area contributed by atoms with E-state index in [9.17, 15) is 4.79 Å². The summed E-state index contributed by atoms with van der Waals surface area (Å²) in [5.74, 6) is 0.564. The summed E-state index contributed by atoms with van der Waals surface area (Å²) >= 11 is 0. The van der Waals surface area contributed by atoms with Gasteiger partial charge in [0.2, 0.25) is 0 Å². The second kappa shape index (κ2) is 5.66. The lowest BCUT2D eigenvalue weighted by Crippen LogP contribution is -2.26. The number of hydrogen-bond donors (Lipinski definition) is 1. The molecule has 0 aliphatic rings. The number of H-pyrrole nitrogens is 1. The van der Waals surface area contributed by atoms with Crippen molar-refractivity contribution in [3.8, 4) is 11.3 Å². The van der Waals surface area contributed by atoms with Gasteiger partial charge in [0.1, 0.15) is 11.4 Å². The van der Waals surface area contributed by atoms with Crippen LogP contribution in [0.25, 0.3) is 11.3 Å². The van der Waals surface area contributed by atoms with E-state index in [1.165, 1.54) is 0 Å². The van der Waals surface area contributed by atoms with Gasteiger partial charge in [0.05, 0.1) is 6.54 Å². The summed E-state index contributed by atoms with van der Waals surface area (Å²) in [5, 5.41) is 4.04. The van der Waals surface area contributed by atoms with Crippen LogP contribution >= 0.6 is 0 Å². The second-order valence-corrected chi connectivity index (χ2v) is 4.79. The van der Waals surface area contributed by atoms with Gasteiger partial charge in [0, 0.05) is 24.9 Å². The third kappa shape index (κ3) is 2.86. The van der Waals surface area contributed by atoms with Crippen LogP contribution in [-0.2, 0) is 6.54 Å². The molecule has 1 amide bonds. The van der Waals surface area contributed by atoms with E-state index in [0.717, 1.165) is 11.3 Å². The summed E-state index contributed by atoms with van der Waals surface area (Å²) < 4.78 is 5.30. The molecule has 3 rings (SSSR count). The van der Waals surface area contributed by atoms with Gasteiger partial charge >= 0.3 is 0 Å². The number of nitrogens with one attached hydrogen (secondary N) is 1. The Labute approximate surface area is 122 Å². The number of aromatic amines is 1. The van der Waals surface area contributed by atoms with Crippen LogP contribution in [-0.4, -0.2) is 28.0 Å². The molecule has 0 saturated heterocycles. The number of aromatic nitrogens is 2. The van der Waals surface area contributed by atoms with Crippen LogP contribution in [0.5, 0.6) is 0 Å². The predicted molar refractivity (Wildman–Crippen MR) is 78.5 cm³/mol. The first kappa shape index (κ1) is 13.2. The molecule has 0 radical (unpaired) electrons. The van der Waals surface area contributed by atoms with E-state index in [1.54, 1.807) is 30.3 Å². The maximum absolute atomic E-state index is 12.1. The fourth-order valence-electron chi connectivity index (χ4n) is 2.11. The predicted octanol–water partition coefficient (Wildman–Crippen LogP) is 2.94. The molecule has 1 aromatic carbocycles. The first-order valence-electron chi connectivity index (χ1n) is 6.64. The van der Waals surface area contributed by atoms with E-state index >= 15 is 0 Å². The number of hydrogen-bond acceptors (Lipinski definition) is 3. The van der Waals surface area contributed by atoms with Crippen molar-refractivity contribution < 1.29 is 9.32 Å². The molecular formula is C16H15N3O2. The molecule has 0 fully saturated rings. The van der Waals surface area contributed by atoms with E-state index in [1.807, 2.05) is 36.4 Å². The van der Waals surface area contributed by atoms with Gasteiger partial charge in [-0.05, 0) is 12.1 Å². The van der Waals surface area contributed by atoms with Crippen molar-refractivity contribution in [3.05, 3.63) is 66.2 Å². The molecule has 5 nitrogen and oxygen atoms in total. The Bertz CT molecular complexity index is 717. The standard InChI is InChI=1S/C16H15N3O2/c1-19(16(20)14-8-5-9-17-14)11-13-10-15(18-21-13)12-6-3-2-4-7-12/h2-10,17H,11H2,1H3. The topological polar surface area (TPSA) is 62.1 Å². The Morgan fingerprint density at radius 1 is 1.24 bits per heavy atom. The van der Waals surface area contributed by atoms with Gasteiger partial charge in [-0.15, -0.1) is 0 Å². The van der Waals surface area contributed by atoms with Crippen molar-refractivity contribution in [2.24, 2.45) is 0 Å². The van der Waals surface area contributed by atoms with Gasteiger partial charge in [0.25, 0.3) is 5.91 Å². The molecule has 0 unspecified atom stereocenters. The minimum atomic E-state index is -0.0855. The van der Waals surface area contributed by atoms with E-state index < -0.39 is 0 Å². The number of carbonyl (C=O) groups is 1. The fraction of sp³-hybridized carbons (Fsp3) is 0.125. The van der Waals surface area contributed by atoms with E-state index in [-0.39, 0.29) is 5.91 Å². The maximum atomic E-state index is 12.1. The molecule has 1 N–H and O–H groups in total. The molecule has 0 spiro atoms. The molecule has 0 aliphatic heterocycles. The molecule has 5 heteroatoms. The zero-order valence-corrected chi connectivity index (χ0v) is 11.6. The van der Waals surface area contributed by atoms with Gasteiger partial charge in [-0.25, -0.2) is 0 Å². The van der Waals surface area contributed by atoms with Crippen molar-refractivity contribution in [2.75, 3.05) is 7.05 Å². The molecule has 106 valence electrons. The molecule has 21 heavy (non-hydrogen) atoms. The summed E-state index contributed by atoms with van der Waals surface area (Å²) in [7, 11) is 1.73. The van der Waals surface area contributed by atoms with Crippen molar-refractivity contribution in [1.29, 1.82) is 0 Å². The number of benzene rings is 1. The minimum Gasteiger partial charge on any atom is -0.359 e. The summed E-state index contributed by atoms with van der Waals surface area (Å²) in [5.41, 5.74) is 2.32. The summed E-state index contributed by atoms with van der Waals surface area (Å²) in [4.78, 5) is 16.6. The number of carbonyl (C=O) groups excluding carboxylic acids is 1. The minimum absolute atomic E-state index is 0.0855. The van der Waals surface area contributed by atoms with Gasteiger partial charge in [-0.2, -0.15) is 0 Å². The van der Waals surface area contributed by atoms with Crippen LogP contribution in [0, 0.1) is 0 Å². The summed E-state index contributed by atoms with van der Waals surface area (Å²) in [6.07, 6.45) is 1.73. The highest BCUT2D eigenvalue weighted by Crippen LogP contribution is 2.19. The highest BCUT2D eigenvalue weighted by atomic mass is 16.5. The fourth-order valence-corrected chi connectivity index (χ4v) is 2.11. The Kier molecular flexibility index (Phi) is 3.55. The van der Waals surface area contributed by atoms with Crippen molar-refractivity contribution in [3.63, 3.8) is 0 Å². The maximum Gasteiger partial charge on any atom is 0.270 e. The van der Waals surface area contributed by atoms with Crippen LogP contribution in [0.2, 0.25) is 0 Å². The molecule has 0 saturated carbocycles. The zero-order valence-electron chi connectivity index (χ0n) is 11.6. The van der Waals surface area contributed by atoms with E-state index in [2.05, 4.69) is 10.1 Å². The highest BCUT2D eigenvalue weighted by molar-refractivity contribution is 5.92. The van der Waals surface area contributed by atoms with Gasteiger partial charge in [0.15, 0.2) is 5.76 Å². The first-order valence-corrected chi connectivity index (χ1v) is 6.64. The van der Waals surface area contributed by atoms with Crippen LogP contribution in [0.15, 0.2) is 59.3 Å². The molecular weight excluding hydrogens is 266 g/mol. The van der Waals surface area contributed by atoms with Crippen LogP contribution in [0.1, 0.15) is 16.2 Å². The Hall–Kier alpha value is -2.82. The smallest absolute Gasteiger partial charge is 0.270 e. The van der Waals surface area contributed by atoms with Crippen molar-refractivity contribution in [1.82, 2.24) is 15.0 Å². The Morgan fingerprint density at radius 3 is 2.76 bits per heavy atom. The average Bonchev–Trinajstić information content (AvgIpc) is 3.19. The lowest BCUT2D eigenvalue weighted by molar-refractivity contribution is 0.0767. The van der Waals surface area contributed by atoms with Gasteiger partial charge in [-0.3, -0.25) is 4.79 Å². The quantitative estimate of drug-likeness (QED) is 0.799. The Balaban J connectivity index is 1.71. The number of amides is 1. The lowest BCUT2D eigenvalue weighted by atomic mass is 10.1. The van der Waals surface area contributed by atoms with Crippen LogP contribution in [0.4, 0.5) is 0 Å². The molecule has 0 aliphatic carbocycles. The average molecular weight is 281 g/mol. The third-order valence-corrected chi connectivity index (χ3v) is 3.20. The third-order valence-electron chi connectivity index (χ3n) is 3.20. The van der Waals surface area contributed by atoms with Crippen molar-refractivity contribution >= 4 is 5.91 Å². The molecule has 2 heterocycles. The molecule has 0 bridgehead atoms. The van der Waals surface area contributed by atoms with Crippen LogP contribution < -0.4 is 0 Å². The molecule has 0 atom stereocenters. The summed E-state index contributed by atoms with van der Waals surface area (Å²) in [6.45, 7) is 0.373. The summed E-state index contributed by atoms with van der Waals surface area (Å²) in [6, 6.07) is 15.2. The largest absolute Gasteiger partial charge is 0.359 e. The van der Waals surface area contributed by atoms with Crippen LogP contribution in [0.3, 0.4) is 0 Å². The van der Waals surface area contributed by atoms with Crippen molar-refractivity contribution in [2.45, 2.75) is 6.54 Å². The monoisotopic (exact) mass is 281 g/mol. The van der Waals surface area contributed by atoms with E-state index in [4.69, 9.17) is 4.52 Å². The molecule has 2 aromatic heterocycles. The molecule has 3 aromatic rings. The Morgan fingerprint density at radius 2 is 2.05 bits per heavy atom. The first-order chi connectivity index (χ1) is 10.2. The van der Waals surface area contributed by atoms with E-state index in [0.29, 0.717) is 18.0 Å². The lowest BCUT2D eigenvalue weighted by Gasteiger charge is -2.13. The second-order valence-electron chi connectivity index (χ2n) is 4.79. The normalized spacial score (nSPS) is 10.5. The zero-order chi connectivity index (χ0) is 14.7. The van der Waals surface area contributed by atoms with Gasteiger partial charge in [-0.1, -0.05) is 35.5 Å². The number of nitrogens with zero attached hydrogens (tertiary/aromatic N) is 2. The highest BCUT2D eigenvalue weighted by Gasteiger charge is 2.15. The number of rotatable bonds is 4. The SMILES string of the molecule is CN(Cc1cc(-c2ccccc2)no1)C(=O)c1ccc[nH]1.